The molecule has 31 heavy (non-hydrogen) atoms. The van der Waals surface area contributed by atoms with Gasteiger partial charge in [0.15, 0.2) is 11.5 Å². The maximum absolute atomic E-state index is 10.0. The topological polar surface area (TPSA) is 77.2 Å². The van der Waals surface area contributed by atoms with Gasteiger partial charge in [0.05, 0.1) is 7.11 Å². The van der Waals surface area contributed by atoms with E-state index in [1.54, 1.807) is 19.2 Å². The molecule has 7 heteroatoms. The van der Waals surface area contributed by atoms with Crippen LogP contribution in [0.1, 0.15) is 11.1 Å². The molecule has 7 nitrogen and oxygen atoms in total. The molecule has 0 saturated carbocycles. The van der Waals surface area contributed by atoms with Gasteiger partial charge in [-0.3, -0.25) is 0 Å². The minimum Gasteiger partial charge on any atom is -0.508 e. The van der Waals surface area contributed by atoms with Gasteiger partial charge in [0, 0.05) is 17.3 Å². The summed E-state index contributed by atoms with van der Waals surface area (Å²) in [4.78, 5) is 4.91. The number of rotatable bonds is 4. The summed E-state index contributed by atoms with van der Waals surface area (Å²) in [6.07, 6.45) is 0. The van der Waals surface area contributed by atoms with E-state index >= 15 is 0 Å². The number of nitrogens with zero attached hydrogens (tertiary/aromatic N) is 2. The molecule has 0 amide bonds. The van der Waals surface area contributed by atoms with Crippen molar-refractivity contribution >= 4 is 17.2 Å². The Morgan fingerprint density at radius 3 is 2.48 bits per heavy atom. The number of methoxy groups -OCH3 is 1. The summed E-state index contributed by atoms with van der Waals surface area (Å²) in [6, 6.07) is 15.0. The first-order valence-electron chi connectivity index (χ1n) is 10.1. The number of phenols is 1. The average Bonchev–Trinajstić information content (AvgIpc) is 3.11. The number of hydrogen-bond donors (Lipinski definition) is 2. The van der Waals surface area contributed by atoms with E-state index in [4.69, 9.17) is 19.2 Å². The van der Waals surface area contributed by atoms with Crippen LogP contribution in [0.15, 0.2) is 48.5 Å². The summed E-state index contributed by atoms with van der Waals surface area (Å²) in [6.45, 7) is 5.01. The largest absolute Gasteiger partial charge is 0.508 e. The fourth-order valence-corrected chi connectivity index (χ4v) is 4.08. The first-order chi connectivity index (χ1) is 15.0. The van der Waals surface area contributed by atoms with Gasteiger partial charge in [-0.1, -0.05) is 6.07 Å². The van der Waals surface area contributed by atoms with Gasteiger partial charge < -0.3 is 24.6 Å². The van der Waals surface area contributed by atoms with Crippen molar-refractivity contribution in [2.75, 3.05) is 25.6 Å². The maximum Gasteiger partial charge on any atom is 0.200 e. The van der Waals surface area contributed by atoms with E-state index in [1.807, 2.05) is 54.6 Å². The summed E-state index contributed by atoms with van der Waals surface area (Å²) in [5, 5.41) is 13.5. The number of aromatic hydroxyl groups is 1. The average molecular weight is 417 g/mol. The molecule has 2 N–H and O–H groups in total. The van der Waals surface area contributed by atoms with Crippen LogP contribution in [0.4, 0.5) is 11.5 Å². The van der Waals surface area contributed by atoms with Gasteiger partial charge in [0.25, 0.3) is 0 Å². The molecule has 0 saturated heterocycles. The van der Waals surface area contributed by atoms with E-state index in [2.05, 4.69) is 5.32 Å². The summed E-state index contributed by atoms with van der Waals surface area (Å²) in [5.41, 5.74) is 5.20. The number of benzene rings is 2. The van der Waals surface area contributed by atoms with Crippen LogP contribution < -0.4 is 19.5 Å². The Kier molecular flexibility index (Phi) is 4.58. The molecule has 0 bridgehead atoms. The van der Waals surface area contributed by atoms with Gasteiger partial charge in [-0.15, -0.1) is 0 Å². The van der Waals surface area contributed by atoms with E-state index in [0.717, 1.165) is 45.3 Å². The Hall–Kier alpha value is -3.87. The van der Waals surface area contributed by atoms with Gasteiger partial charge in [0.1, 0.15) is 36.1 Å². The number of pyridine rings is 1. The third-order valence-electron chi connectivity index (χ3n) is 5.38. The van der Waals surface area contributed by atoms with Crippen LogP contribution in [0.3, 0.4) is 0 Å². The number of hydrogen-bond acceptors (Lipinski definition) is 6. The monoisotopic (exact) mass is 417 g/mol. The maximum atomic E-state index is 10.0. The van der Waals surface area contributed by atoms with Crippen LogP contribution in [0.2, 0.25) is 0 Å². The molecule has 0 fully saturated rings. The van der Waals surface area contributed by atoms with E-state index in [1.165, 1.54) is 0 Å². The predicted molar refractivity (Wildman–Crippen MR) is 119 cm³/mol. The molecule has 1 aliphatic rings. The lowest BCUT2D eigenvalue weighted by Crippen LogP contribution is -2.15. The molecule has 3 heterocycles. The van der Waals surface area contributed by atoms with Crippen molar-refractivity contribution in [1.29, 1.82) is 0 Å². The van der Waals surface area contributed by atoms with E-state index < -0.39 is 0 Å². The van der Waals surface area contributed by atoms with E-state index in [9.17, 15) is 5.11 Å². The smallest absolute Gasteiger partial charge is 0.200 e. The molecule has 0 atom stereocenters. The second-order valence-electron chi connectivity index (χ2n) is 7.51. The molecule has 5 rings (SSSR count). The van der Waals surface area contributed by atoms with Crippen molar-refractivity contribution < 1.29 is 19.3 Å². The molecule has 2 aromatic carbocycles. The van der Waals surface area contributed by atoms with E-state index in [0.29, 0.717) is 24.8 Å². The van der Waals surface area contributed by atoms with Crippen molar-refractivity contribution in [3.05, 3.63) is 59.7 Å². The minimum atomic E-state index is 0.237. The Labute approximate surface area is 179 Å². The molecular weight excluding hydrogens is 394 g/mol. The molecule has 2 aromatic heterocycles. The number of aryl methyl sites for hydroxylation is 2. The zero-order valence-corrected chi connectivity index (χ0v) is 17.6. The highest BCUT2D eigenvalue weighted by Gasteiger charge is 2.21. The number of aromatic nitrogens is 2. The summed E-state index contributed by atoms with van der Waals surface area (Å²) in [5.74, 6) is 3.10. The highest BCUT2D eigenvalue weighted by Crippen LogP contribution is 2.40. The number of phenolic OH excluding ortho intramolecular Hbond substituents is 1. The molecule has 4 aromatic rings. The van der Waals surface area contributed by atoms with Crippen molar-refractivity contribution in [3.8, 4) is 34.4 Å². The number of ether oxygens (including phenoxy) is 3. The van der Waals surface area contributed by atoms with Crippen LogP contribution in [0.5, 0.6) is 23.1 Å². The lowest BCUT2D eigenvalue weighted by Gasteiger charge is -2.19. The van der Waals surface area contributed by atoms with Crippen molar-refractivity contribution in [3.63, 3.8) is 0 Å². The number of anilines is 2. The Balaban J connectivity index is 1.72. The molecule has 0 aliphatic carbocycles. The third kappa shape index (κ3) is 3.28. The normalized spacial score (nSPS) is 12.7. The zero-order valence-electron chi connectivity index (χ0n) is 17.6. The van der Waals surface area contributed by atoms with Crippen LogP contribution in [0.25, 0.3) is 16.9 Å². The Morgan fingerprint density at radius 2 is 1.74 bits per heavy atom. The first-order valence-corrected chi connectivity index (χ1v) is 10.1. The van der Waals surface area contributed by atoms with Crippen molar-refractivity contribution in [2.24, 2.45) is 0 Å². The SMILES string of the molecule is COc1cccc2nc(-c3c(C)cc(O)cc3C)c(Nc3ccc4c(c3)OCCO4)n12. The molecule has 0 radical (unpaired) electrons. The van der Waals surface area contributed by atoms with Crippen LogP contribution >= 0.6 is 0 Å². The quantitative estimate of drug-likeness (QED) is 0.494. The van der Waals surface area contributed by atoms with Crippen LogP contribution in [-0.4, -0.2) is 34.8 Å². The lowest BCUT2D eigenvalue weighted by atomic mass is 9.99. The Bertz CT molecular complexity index is 1270. The van der Waals surface area contributed by atoms with Gasteiger partial charge in [-0.05, 0) is 61.4 Å². The van der Waals surface area contributed by atoms with Crippen LogP contribution in [0, 0.1) is 13.8 Å². The zero-order chi connectivity index (χ0) is 21.5. The van der Waals surface area contributed by atoms with E-state index in [-0.39, 0.29) is 5.75 Å². The summed E-state index contributed by atoms with van der Waals surface area (Å²) in [7, 11) is 1.64. The van der Waals surface area contributed by atoms with Crippen molar-refractivity contribution in [2.45, 2.75) is 13.8 Å². The second kappa shape index (κ2) is 7.43. The number of fused-ring (bicyclic) bond motifs is 2. The molecule has 1 aliphatic heterocycles. The summed E-state index contributed by atoms with van der Waals surface area (Å²) < 4.78 is 18.9. The van der Waals surface area contributed by atoms with Gasteiger partial charge in [-0.2, -0.15) is 0 Å². The van der Waals surface area contributed by atoms with Gasteiger partial charge in [-0.25, -0.2) is 9.38 Å². The highest BCUT2D eigenvalue weighted by molar-refractivity contribution is 5.84. The van der Waals surface area contributed by atoms with Crippen LogP contribution in [-0.2, 0) is 0 Å². The lowest BCUT2D eigenvalue weighted by molar-refractivity contribution is 0.171. The van der Waals surface area contributed by atoms with Gasteiger partial charge >= 0.3 is 0 Å². The number of imidazole rings is 1. The first kappa shape index (κ1) is 19.1. The molecule has 158 valence electrons. The number of nitrogens with one attached hydrogen (secondary N) is 1. The fourth-order valence-electron chi connectivity index (χ4n) is 4.08. The minimum absolute atomic E-state index is 0.237. The highest BCUT2D eigenvalue weighted by atomic mass is 16.6. The standard InChI is InChI=1S/C24H23N3O4/c1-14-11-17(28)12-15(2)22(14)23-24(27-20(26-23)5-4-6-21(27)29-3)25-16-7-8-18-19(13-16)31-10-9-30-18/h4-8,11-13,25,28H,9-10H2,1-3H3. The predicted octanol–water partition coefficient (Wildman–Crippen LogP) is 4.85. The molecular formula is C24H23N3O4. The molecule has 0 unspecified atom stereocenters. The second-order valence-corrected chi connectivity index (χ2v) is 7.51. The summed E-state index contributed by atoms with van der Waals surface area (Å²) >= 11 is 0. The van der Waals surface area contributed by atoms with Gasteiger partial charge in [0.2, 0.25) is 5.88 Å². The third-order valence-corrected chi connectivity index (χ3v) is 5.38. The molecule has 0 spiro atoms. The fraction of sp³-hybridized carbons (Fsp3) is 0.208. The Morgan fingerprint density at radius 1 is 1.00 bits per heavy atom. The van der Waals surface area contributed by atoms with Crippen molar-refractivity contribution in [1.82, 2.24) is 9.38 Å².